The number of ketones is 1. The number of Topliss-reactive ketones (excluding diaryl/α,β-unsaturated/α-hetero) is 1. The summed E-state index contributed by atoms with van der Waals surface area (Å²) in [5.41, 5.74) is 2.47. The normalized spacial score (nSPS) is 17.4. The molecule has 3 rings (SSSR count). The van der Waals surface area contributed by atoms with Gasteiger partial charge in [0.1, 0.15) is 5.92 Å². The molecule has 0 aromatic heterocycles. The van der Waals surface area contributed by atoms with Crippen LogP contribution in [0.3, 0.4) is 0 Å². The minimum absolute atomic E-state index is 0.153. The predicted octanol–water partition coefficient (Wildman–Crippen LogP) is 4.53. The van der Waals surface area contributed by atoms with E-state index in [4.69, 9.17) is 23.2 Å². The zero-order valence-corrected chi connectivity index (χ0v) is 14.8. The summed E-state index contributed by atoms with van der Waals surface area (Å²) in [7, 11) is 0. The van der Waals surface area contributed by atoms with E-state index in [9.17, 15) is 9.59 Å². The maximum Gasteiger partial charge on any atom is 0.233 e. The average molecular weight is 362 g/mol. The minimum atomic E-state index is -0.702. The fourth-order valence-electron chi connectivity index (χ4n) is 3.04. The molecule has 1 aliphatic rings. The van der Waals surface area contributed by atoms with Crippen LogP contribution >= 0.6 is 23.2 Å². The van der Waals surface area contributed by atoms with E-state index in [1.165, 1.54) is 0 Å². The minimum Gasteiger partial charge on any atom is -0.338 e. The molecule has 0 saturated carbocycles. The van der Waals surface area contributed by atoms with Crippen LogP contribution in [0.25, 0.3) is 0 Å². The van der Waals surface area contributed by atoms with Gasteiger partial charge in [0.2, 0.25) is 5.91 Å². The Bertz CT molecular complexity index is 783. The van der Waals surface area contributed by atoms with E-state index in [0.29, 0.717) is 19.5 Å². The van der Waals surface area contributed by atoms with Gasteiger partial charge >= 0.3 is 0 Å². The average Bonchev–Trinajstić information content (AvgIpc) is 2.90. The van der Waals surface area contributed by atoms with Crippen LogP contribution in [-0.4, -0.2) is 23.1 Å². The Morgan fingerprint density at radius 3 is 2.46 bits per heavy atom. The topological polar surface area (TPSA) is 37.4 Å². The summed E-state index contributed by atoms with van der Waals surface area (Å²) in [4.78, 5) is 27.2. The first-order valence-electron chi connectivity index (χ1n) is 7.80. The van der Waals surface area contributed by atoms with Gasteiger partial charge in [-0.25, -0.2) is 0 Å². The number of carbonyl (C=O) groups excluding carboxylic acids is 2. The highest BCUT2D eigenvalue weighted by Crippen LogP contribution is 2.31. The molecule has 1 amide bonds. The van der Waals surface area contributed by atoms with Gasteiger partial charge in [0.15, 0.2) is 5.78 Å². The van der Waals surface area contributed by atoms with Crippen LogP contribution in [0.2, 0.25) is 10.0 Å². The Morgan fingerprint density at radius 2 is 1.79 bits per heavy atom. The van der Waals surface area contributed by atoms with Gasteiger partial charge in [-0.15, -0.1) is 0 Å². The van der Waals surface area contributed by atoms with Crippen molar-refractivity contribution in [3.63, 3.8) is 0 Å². The molecule has 3 nitrogen and oxygen atoms in total. The summed E-state index contributed by atoms with van der Waals surface area (Å²) in [5.74, 6) is -1.14. The number of amides is 1. The predicted molar refractivity (Wildman–Crippen MR) is 95.5 cm³/mol. The summed E-state index contributed by atoms with van der Waals surface area (Å²) >= 11 is 12.2. The van der Waals surface area contributed by atoms with Crippen molar-refractivity contribution in [2.75, 3.05) is 6.54 Å². The highest BCUT2D eigenvalue weighted by atomic mass is 35.5. The molecule has 1 unspecified atom stereocenters. The molecule has 1 atom stereocenters. The van der Waals surface area contributed by atoms with Crippen LogP contribution in [-0.2, 0) is 11.3 Å². The molecule has 2 aromatic rings. The lowest BCUT2D eigenvalue weighted by Gasteiger charge is -2.18. The first-order valence-corrected chi connectivity index (χ1v) is 8.56. The molecule has 2 aromatic carbocycles. The quantitative estimate of drug-likeness (QED) is 0.592. The first-order chi connectivity index (χ1) is 11.5. The van der Waals surface area contributed by atoms with Crippen molar-refractivity contribution in [2.45, 2.75) is 19.9 Å². The fourth-order valence-corrected chi connectivity index (χ4v) is 3.62. The Balaban J connectivity index is 1.79. The zero-order chi connectivity index (χ0) is 17.3. The van der Waals surface area contributed by atoms with Crippen LogP contribution in [0.4, 0.5) is 0 Å². The van der Waals surface area contributed by atoms with E-state index in [0.717, 1.165) is 11.1 Å². The van der Waals surface area contributed by atoms with E-state index in [1.54, 1.807) is 23.1 Å². The summed E-state index contributed by atoms with van der Waals surface area (Å²) in [6.07, 6.45) is 0.491. The molecule has 124 valence electrons. The van der Waals surface area contributed by atoms with E-state index >= 15 is 0 Å². The van der Waals surface area contributed by atoms with Crippen LogP contribution in [0.5, 0.6) is 0 Å². The van der Waals surface area contributed by atoms with Gasteiger partial charge in [-0.1, -0.05) is 53.5 Å². The number of halogens is 2. The van der Waals surface area contributed by atoms with Crippen molar-refractivity contribution in [1.29, 1.82) is 0 Å². The Kier molecular flexibility index (Phi) is 4.93. The smallest absolute Gasteiger partial charge is 0.233 e. The Morgan fingerprint density at radius 1 is 1.12 bits per heavy atom. The standard InChI is InChI=1S/C19H17Cl2NO2/c1-12-5-2-3-6-13(12)11-22-10-9-14(19(22)24)18(23)17-15(20)7-4-8-16(17)21/h2-8,14H,9-11H2,1H3. The van der Waals surface area contributed by atoms with Crippen LogP contribution in [0.1, 0.15) is 27.9 Å². The van der Waals surface area contributed by atoms with Crippen molar-refractivity contribution in [2.24, 2.45) is 5.92 Å². The van der Waals surface area contributed by atoms with E-state index in [-0.39, 0.29) is 27.3 Å². The lowest BCUT2D eigenvalue weighted by molar-refractivity contribution is -0.130. The molecular weight excluding hydrogens is 345 g/mol. The van der Waals surface area contributed by atoms with Gasteiger partial charge < -0.3 is 4.90 Å². The Hall–Kier alpha value is -1.84. The number of hydrogen-bond acceptors (Lipinski definition) is 2. The van der Waals surface area contributed by atoms with Gasteiger partial charge in [-0.2, -0.15) is 0 Å². The number of hydrogen-bond donors (Lipinski definition) is 0. The molecule has 24 heavy (non-hydrogen) atoms. The number of likely N-dealkylation sites (tertiary alicyclic amines) is 1. The van der Waals surface area contributed by atoms with Gasteiger partial charge in [-0.3, -0.25) is 9.59 Å². The van der Waals surface area contributed by atoms with Crippen molar-refractivity contribution in [3.8, 4) is 0 Å². The van der Waals surface area contributed by atoms with E-state index < -0.39 is 5.92 Å². The Labute approximate surface area is 151 Å². The highest BCUT2D eigenvalue weighted by Gasteiger charge is 2.38. The highest BCUT2D eigenvalue weighted by molar-refractivity contribution is 6.40. The largest absolute Gasteiger partial charge is 0.338 e. The van der Waals surface area contributed by atoms with Crippen molar-refractivity contribution < 1.29 is 9.59 Å². The zero-order valence-electron chi connectivity index (χ0n) is 13.3. The number of rotatable bonds is 4. The molecule has 0 bridgehead atoms. The van der Waals surface area contributed by atoms with Crippen LogP contribution < -0.4 is 0 Å². The summed E-state index contributed by atoms with van der Waals surface area (Å²) in [5, 5.41) is 0.579. The molecule has 1 heterocycles. The molecule has 0 aliphatic carbocycles. The van der Waals surface area contributed by atoms with Gasteiger partial charge in [-0.05, 0) is 36.6 Å². The van der Waals surface area contributed by atoms with Crippen molar-refractivity contribution >= 4 is 34.9 Å². The molecule has 5 heteroatoms. The maximum absolute atomic E-state index is 12.7. The second-order valence-electron chi connectivity index (χ2n) is 5.99. The summed E-state index contributed by atoms with van der Waals surface area (Å²) in [6.45, 7) is 3.10. The molecule has 0 radical (unpaired) electrons. The lowest BCUT2D eigenvalue weighted by atomic mass is 9.96. The second kappa shape index (κ2) is 6.96. The van der Waals surface area contributed by atoms with E-state index in [1.807, 2.05) is 31.2 Å². The molecular formula is C19H17Cl2NO2. The maximum atomic E-state index is 12.7. The van der Waals surface area contributed by atoms with Gasteiger partial charge in [0.05, 0.1) is 15.6 Å². The SMILES string of the molecule is Cc1ccccc1CN1CCC(C(=O)c2c(Cl)cccc2Cl)C1=O. The first kappa shape index (κ1) is 17.0. The molecule has 1 saturated heterocycles. The third-order valence-electron chi connectivity index (χ3n) is 4.45. The van der Waals surface area contributed by atoms with E-state index in [2.05, 4.69) is 0 Å². The molecule has 0 N–H and O–H groups in total. The van der Waals surface area contributed by atoms with Crippen molar-refractivity contribution in [3.05, 3.63) is 69.2 Å². The third-order valence-corrected chi connectivity index (χ3v) is 5.08. The monoisotopic (exact) mass is 361 g/mol. The molecule has 1 aliphatic heterocycles. The number of nitrogens with zero attached hydrogens (tertiary/aromatic N) is 1. The van der Waals surface area contributed by atoms with Crippen molar-refractivity contribution in [1.82, 2.24) is 4.90 Å². The number of carbonyl (C=O) groups is 2. The lowest BCUT2D eigenvalue weighted by Crippen LogP contribution is -2.30. The van der Waals surface area contributed by atoms with Crippen LogP contribution in [0.15, 0.2) is 42.5 Å². The fraction of sp³-hybridized carbons (Fsp3) is 0.263. The molecule has 0 spiro atoms. The number of benzene rings is 2. The summed E-state index contributed by atoms with van der Waals surface area (Å²) in [6, 6.07) is 12.9. The van der Waals surface area contributed by atoms with Gasteiger partial charge in [0, 0.05) is 13.1 Å². The summed E-state index contributed by atoms with van der Waals surface area (Å²) < 4.78 is 0. The second-order valence-corrected chi connectivity index (χ2v) is 6.80. The van der Waals surface area contributed by atoms with Crippen LogP contribution in [0, 0.1) is 12.8 Å². The van der Waals surface area contributed by atoms with Gasteiger partial charge in [0.25, 0.3) is 0 Å². The number of aryl methyl sites for hydroxylation is 1. The molecule has 1 fully saturated rings. The third kappa shape index (κ3) is 3.19.